The molecule has 0 N–H and O–H groups in total. The van der Waals surface area contributed by atoms with Gasteiger partial charge >= 0.3 is 5.69 Å². The van der Waals surface area contributed by atoms with Crippen molar-refractivity contribution in [3.05, 3.63) is 40.5 Å². The SMILES string of the molecule is Cn1cc([N+](=O)[O-])c(C(=O)N2CCN(c3ncccn3)CC2)n1. The highest BCUT2D eigenvalue weighted by molar-refractivity contribution is 5.96. The van der Waals surface area contributed by atoms with Crippen LogP contribution < -0.4 is 4.90 Å². The van der Waals surface area contributed by atoms with Gasteiger partial charge in [-0.2, -0.15) is 5.10 Å². The van der Waals surface area contributed by atoms with E-state index in [9.17, 15) is 14.9 Å². The highest BCUT2D eigenvalue weighted by atomic mass is 16.6. The minimum atomic E-state index is -0.589. The van der Waals surface area contributed by atoms with Crippen LogP contribution in [-0.2, 0) is 7.05 Å². The highest BCUT2D eigenvalue weighted by Gasteiger charge is 2.31. The number of rotatable bonds is 3. The molecule has 0 atom stereocenters. The summed E-state index contributed by atoms with van der Waals surface area (Å²) in [4.78, 5) is 34.8. The maximum atomic E-state index is 12.5. The van der Waals surface area contributed by atoms with Crippen molar-refractivity contribution in [1.82, 2.24) is 24.6 Å². The first kappa shape index (κ1) is 14.9. The van der Waals surface area contributed by atoms with Gasteiger partial charge < -0.3 is 9.80 Å². The summed E-state index contributed by atoms with van der Waals surface area (Å²) in [6.45, 7) is 2.00. The molecule has 1 amide bonds. The average molecular weight is 317 g/mol. The van der Waals surface area contributed by atoms with Crippen molar-refractivity contribution in [2.24, 2.45) is 7.05 Å². The topological polar surface area (TPSA) is 110 Å². The summed E-state index contributed by atoms with van der Waals surface area (Å²) in [6, 6.07) is 1.74. The van der Waals surface area contributed by atoms with Crippen LogP contribution in [0.15, 0.2) is 24.7 Å². The first-order valence-corrected chi connectivity index (χ1v) is 7.05. The number of amides is 1. The molecule has 0 aliphatic carbocycles. The summed E-state index contributed by atoms with van der Waals surface area (Å²) in [6.07, 6.45) is 4.56. The zero-order chi connectivity index (χ0) is 16.4. The van der Waals surface area contributed by atoms with Crippen molar-refractivity contribution in [2.75, 3.05) is 31.1 Å². The monoisotopic (exact) mass is 317 g/mol. The molecule has 0 bridgehead atoms. The van der Waals surface area contributed by atoms with Crippen molar-refractivity contribution >= 4 is 17.5 Å². The second kappa shape index (κ2) is 5.99. The maximum absolute atomic E-state index is 12.5. The first-order valence-electron chi connectivity index (χ1n) is 7.05. The number of nitrogens with zero attached hydrogens (tertiary/aromatic N) is 7. The third-order valence-corrected chi connectivity index (χ3v) is 3.61. The Morgan fingerprint density at radius 2 is 1.87 bits per heavy atom. The van der Waals surface area contributed by atoms with Crippen LogP contribution in [0.1, 0.15) is 10.5 Å². The third-order valence-electron chi connectivity index (χ3n) is 3.61. The van der Waals surface area contributed by atoms with Crippen LogP contribution in [0.25, 0.3) is 0 Å². The molecule has 1 saturated heterocycles. The van der Waals surface area contributed by atoms with E-state index in [-0.39, 0.29) is 11.4 Å². The quantitative estimate of drug-likeness (QED) is 0.582. The Bertz CT molecular complexity index is 722. The van der Waals surface area contributed by atoms with Crippen molar-refractivity contribution < 1.29 is 9.72 Å². The fourth-order valence-corrected chi connectivity index (χ4v) is 2.48. The summed E-state index contributed by atoms with van der Waals surface area (Å²) < 4.78 is 1.28. The number of piperazine rings is 1. The molecule has 3 heterocycles. The molecule has 0 radical (unpaired) electrons. The van der Waals surface area contributed by atoms with E-state index in [0.29, 0.717) is 32.1 Å². The maximum Gasteiger partial charge on any atom is 0.320 e. The van der Waals surface area contributed by atoms with E-state index in [1.807, 2.05) is 4.90 Å². The zero-order valence-corrected chi connectivity index (χ0v) is 12.5. The van der Waals surface area contributed by atoms with E-state index < -0.39 is 10.8 Å². The van der Waals surface area contributed by atoms with E-state index in [2.05, 4.69) is 15.1 Å². The van der Waals surface area contributed by atoms with Crippen molar-refractivity contribution in [3.8, 4) is 0 Å². The summed E-state index contributed by atoms with van der Waals surface area (Å²) >= 11 is 0. The van der Waals surface area contributed by atoms with Crippen molar-refractivity contribution in [1.29, 1.82) is 0 Å². The van der Waals surface area contributed by atoms with E-state index in [4.69, 9.17) is 0 Å². The molecule has 23 heavy (non-hydrogen) atoms. The van der Waals surface area contributed by atoms with Gasteiger partial charge in [0.2, 0.25) is 11.6 Å². The number of carbonyl (C=O) groups is 1. The summed E-state index contributed by atoms with van der Waals surface area (Å²) in [5.41, 5.74) is -0.395. The predicted molar refractivity (Wildman–Crippen MR) is 80.0 cm³/mol. The molecule has 0 saturated carbocycles. The Balaban J connectivity index is 1.70. The molecule has 0 aromatic carbocycles. The number of anilines is 1. The normalized spacial score (nSPS) is 14.8. The van der Waals surface area contributed by atoms with E-state index >= 15 is 0 Å². The number of hydrogen-bond donors (Lipinski definition) is 0. The lowest BCUT2D eigenvalue weighted by molar-refractivity contribution is -0.385. The van der Waals surface area contributed by atoms with Gasteiger partial charge in [0.25, 0.3) is 5.91 Å². The number of aromatic nitrogens is 4. The molecular weight excluding hydrogens is 302 g/mol. The van der Waals surface area contributed by atoms with Gasteiger partial charge in [-0.25, -0.2) is 9.97 Å². The molecule has 120 valence electrons. The van der Waals surface area contributed by atoms with Crippen LogP contribution in [0.2, 0.25) is 0 Å². The average Bonchev–Trinajstić information content (AvgIpc) is 2.97. The Morgan fingerprint density at radius 1 is 1.22 bits per heavy atom. The van der Waals surface area contributed by atoms with Crippen molar-refractivity contribution in [2.45, 2.75) is 0 Å². The van der Waals surface area contributed by atoms with Gasteiger partial charge in [0.15, 0.2) is 0 Å². The van der Waals surface area contributed by atoms with Gasteiger partial charge in [0.05, 0.1) is 4.92 Å². The van der Waals surface area contributed by atoms with Crippen LogP contribution >= 0.6 is 0 Å². The lowest BCUT2D eigenvalue weighted by atomic mass is 10.2. The second-order valence-electron chi connectivity index (χ2n) is 5.12. The molecule has 0 spiro atoms. The molecule has 3 rings (SSSR count). The summed E-state index contributed by atoms with van der Waals surface area (Å²) in [7, 11) is 1.55. The summed E-state index contributed by atoms with van der Waals surface area (Å²) in [5, 5.41) is 14.9. The molecule has 2 aromatic heterocycles. The van der Waals surface area contributed by atoms with Crippen LogP contribution in [0.4, 0.5) is 11.6 Å². The van der Waals surface area contributed by atoms with Gasteiger partial charge in [0, 0.05) is 45.6 Å². The Morgan fingerprint density at radius 3 is 2.48 bits per heavy atom. The lowest BCUT2D eigenvalue weighted by Crippen LogP contribution is -2.49. The fourth-order valence-electron chi connectivity index (χ4n) is 2.48. The molecule has 1 aliphatic heterocycles. The fraction of sp³-hybridized carbons (Fsp3) is 0.385. The third kappa shape index (κ3) is 2.96. The molecule has 2 aromatic rings. The van der Waals surface area contributed by atoms with Gasteiger partial charge in [-0.05, 0) is 6.07 Å². The van der Waals surface area contributed by atoms with Gasteiger partial charge in [-0.15, -0.1) is 0 Å². The minimum absolute atomic E-state index is 0.123. The molecular formula is C13H15N7O3. The molecule has 1 aliphatic rings. The molecule has 1 fully saturated rings. The zero-order valence-electron chi connectivity index (χ0n) is 12.5. The number of aryl methyl sites for hydroxylation is 1. The number of hydrogen-bond acceptors (Lipinski definition) is 7. The molecule has 0 unspecified atom stereocenters. The van der Waals surface area contributed by atoms with Crippen LogP contribution in [0, 0.1) is 10.1 Å². The predicted octanol–water partition coefficient (Wildman–Crippen LogP) is 0.0807. The van der Waals surface area contributed by atoms with Gasteiger partial charge in [-0.1, -0.05) is 0 Å². The van der Waals surface area contributed by atoms with Crippen molar-refractivity contribution in [3.63, 3.8) is 0 Å². The second-order valence-corrected chi connectivity index (χ2v) is 5.12. The minimum Gasteiger partial charge on any atom is -0.337 e. The summed E-state index contributed by atoms with van der Waals surface area (Å²) in [5.74, 6) is 0.189. The Hall–Kier alpha value is -3.04. The van der Waals surface area contributed by atoms with E-state index in [0.717, 1.165) is 0 Å². The van der Waals surface area contributed by atoms with E-state index in [1.54, 1.807) is 30.4 Å². The Labute approximate surface area is 131 Å². The first-order chi connectivity index (χ1) is 11.1. The van der Waals surface area contributed by atoms with Gasteiger partial charge in [-0.3, -0.25) is 19.6 Å². The molecule has 10 nitrogen and oxygen atoms in total. The number of nitro groups is 1. The number of carbonyl (C=O) groups excluding carboxylic acids is 1. The van der Waals surface area contributed by atoms with Gasteiger partial charge in [0.1, 0.15) is 6.20 Å². The largest absolute Gasteiger partial charge is 0.337 e. The lowest BCUT2D eigenvalue weighted by Gasteiger charge is -2.34. The smallest absolute Gasteiger partial charge is 0.320 e. The van der Waals surface area contributed by atoms with E-state index in [1.165, 1.54) is 10.9 Å². The van der Waals surface area contributed by atoms with Crippen LogP contribution in [-0.4, -0.2) is 61.7 Å². The van der Waals surface area contributed by atoms with Crippen LogP contribution in [0.3, 0.4) is 0 Å². The highest BCUT2D eigenvalue weighted by Crippen LogP contribution is 2.19. The Kier molecular flexibility index (Phi) is 3.87. The standard InChI is InChI=1S/C13H15N7O3/c1-17-9-10(20(22)23)11(16-17)12(21)18-5-7-19(8-6-18)13-14-3-2-4-15-13/h2-4,9H,5-8H2,1H3. The molecule has 10 heteroatoms. The van der Waals surface area contributed by atoms with Crippen LogP contribution in [0.5, 0.6) is 0 Å².